The molecule has 2 aromatic rings. The Morgan fingerprint density at radius 2 is 1.64 bits per heavy atom. The van der Waals surface area contributed by atoms with Crippen molar-refractivity contribution in [3.8, 4) is 11.1 Å². The zero-order valence-corrected chi connectivity index (χ0v) is 19.0. The summed E-state index contributed by atoms with van der Waals surface area (Å²) in [5.74, 6) is -1.12. The first kappa shape index (κ1) is 24.3. The highest BCUT2D eigenvalue weighted by atomic mass is 16.5. The van der Waals surface area contributed by atoms with E-state index in [-0.39, 0.29) is 37.3 Å². The van der Waals surface area contributed by atoms with Crippen LogP contribution in [0.5, 0.6) is 0 Å². The fourth-order valence-electron chi connectivity index (χ4n) is 4.28. The average molecular weight is 453 g/mol. The molecule has 0 heterocycles. The molecule has 0 aromatic heterocycles. The van der Waals surface area contributed by atoms with Crippen LogP contribution in [-0.2, 0) is 14.3 Å². The number of nitrogens with one attached hydrogen (secondary N) is 2. The lowest BCUT2D eigenvalue weighted by atomic mass is 9.98. The van der Waals surface area contributed by atoms with Crippen molar-refractivity contribution in [1.82, 2.24) is 10.6 Å². The number of carboxylic acid groups (broad SMARTS) is 1. The zero-order chi connectivity index (χ0) is 23.6. The Labute approximate surface area is 194 Å². The largest absolute Gasteiger partial charge is 0.481 e. The number of fused-ring (bicyclic) bond motifs is 3. The molecule has 7 heteroatoms. The van der Waals surface area contributed by atoms with E-state index in [9.17, 15) is 14.4 Å². The second-order valence-corrected chi connectivity index (χ2v) is 8.36. The Bertz CT molecular complexity index is 929. The highest BCUT2D eigenvalue weighted by Gasteiger charge is 2.28. The molecule has 0 saturated heterocycles. The molecule has 2 aromatic carbocycles. The molecule has 33 heavy (non-hydrogen) atoms. The number of alkyl carbamates (subject to hydrolysis) is 1. The van der Waals surface area contributed by atoms with E-state index in [0.29, 0.717) is 19.4 Å². The minimum absolute atomic E-state index is 0.00298. The molecule has 0 aliphatic heterocycles. The third-order valence-electron chi connectivity index (χ3n) is 5.89. The van der Waals surface area contributed by atoms with Gasteiger partial charge in [-0.1, -0.05) is 68.3 Å². The molecule has 3 rings (SSSR count). The monoisotopic (exact) mass is 452 g/mol. The van der Waals surface area contributed by atoms with Crippen molar-refractivity contribution in [1.29, 1.82) is 0 Å². The number of benzene rings is 2. The minimum atomic E-state index is -0.923. The lowest BCUT2D eigenvalue weighted by molar-refractivity contribution is -0.137. The van der Waals surface area contributed by atoms with Crippen LogP contribution >= 0.6 is 0 Å². The molecule has 0 saturated carbocycles. The molecular weight excluding hydrogens is 420 g/mol. The number of hydrogen-bond donors (Lipinski definition) is 3. The fourth-order valence-corrected chi connectivity index (χ4v) is 4.28. The Hall–Kier alpha value is -3.35. The molecule has 1 aliphatic rings. The SMILES string of the molecule is CCCC[C@H](CC(=O)O)NC(=O)CCCNC(=O)OCC1c2ccccc2-c2ccccc21. The Kier molecular flexibility index (Phi) is 8.87. The van der Waals surface area contributed by atoms with Crippen LogP contribution < -0.4 is 10.6 Å². The van der Waals surface area contributed by atoms with Crippen molar-refractivity contribution in [2.75, 3.05) is 13.2 Å². The first-order chi connectivity index (χ1) is 16.0. The number of carbonyl (C=O) groups excluding carboxylic acids is 2. The van der Waals surface area contributed by atoms with Crippen LogP contribution in [0.2, 0.25) is 0 Å². The van der Waals surface area contributed by atoms with E-state index in [2.05, 4.69) is 34.9 Å². The summed E-state index contributed by atoms with van der Waals surface area (Å²) in [6, 6.07) is 16.0. The first-order valence-electron chi connectivity index (χ1n) is 11.6. The van der Waals surface area contributed by atoms with Gasteiger partial charge in [0.2, 0.25) is 5.91 Å². The molecule has 3 N–H and O–H groups in total. The van der Waals surface area contributed by atoms with Crippen LogP contribution in [0, 0.1) is 0 Å². The maximum Gasteiger partial charge on any atom is 0.407 e. The number of hydrogen-bond acceptors (Lipinski definition) is 4. The van der Waals surface area contributed by atoms with Crippen molar-refractivity contribution in [2.45, 2.75) is 57.4 Å². The van der Waals surface area contributed by atoms with Crippen molar-refractivity contribution in [3.05, 3.63) is 59.7 Å². The van der Waals surface area contributed by atoms with Crippen LogP contribution in [0.1, 0.15) is 62.5 Å². The maximum atomic E-state index is 12.2. The summed E-state index contributed by atoms with van der Waals surface area (Å²) < 4.78 is 5.48. The van der Waals surface area contributed by atoms with Gasteiger partial charge in [-0.15, -0.1) is 0 Å². The van der Waals surface area contributed by atoms with Gasteiger partial charge in [-0.25, -0.2) is 4.79 Å². The molecule has 0 spiro atoms. The van der Waals surface area contributed by atoms with Gasteiger partial charge in [-0.05, 0) is 35.1 Å². The topological polar surface area (TPSA) is 105 Å². The fraction of sp³-hybridized carbons (Fsp3) is 0.423. The Balaban J connectivity index is 1.40. The predicted molar refractivity (Wildman–Crippen MR) is 126 cm³/mol. The first-order valence-corrected chi connectivity index (χ1v) is 11.6. The van der Waals surface area contributed by atoms with E-state index in [1.807, 2.05) is 31.2 Å². The molecule has 1 atom stereocenters. The summed E-state index contributed by atoms with van der Waals surface area (Å²) in [4.78, 5) is 35.3. The van der Waals surface area contributed by atoms with E-state index >= 15 is 0 Å². The van der Waals surface area contributed by atoms with Crippen molar-refractivity contribution >= 4 is 18.0 Å². The molecule has 2 amide bonds. The number of aliphatic carboxylic acids is 1. The van der Waals surface area contributed by atoms with Gasteiger partial charge in [0.1, 0.15) is 6.61 Å². The molecule has 0 unspecified atom stereocenters. The van der Waals surface area contributed by atoms with Crippen LogP contribution in [0.25, 0.3) is 11.1 Å². The second kappa shape index (κ2) is 12.0. The van der Waals surface area contributed by atoms with Gasteiger partial charge in [0.15, 0.2) is 0 Å². The average Bonchev–Trinajstić information content (AvgIpc) is 3.12. The zero-order valence-electron chi connectivity index (χ0n) is 19.0. The minimum Gasteiger partial charge on any atom is -0.481 e. The van der Waals surface area contributed by atoms with Gasteiger partial charge in [-0.2, -0.15) is 0 Å². The number of ether oxygens (including phenoxy) is 1. The van der Waals surface area contributed by atoms with Gasteiger partial charge in [0.25, 0.3) is 0 Å². The number of unbranched alkanes of at least 4 members (excludes halogenated alkanes) is 1. The Morgan fingerprint density at radius 3 is 2.24 bits per heavy atom. The normalized spacial score (nSPS) is 13.0. The van der Waals surface area contributed by atoms with E-state index in [4.69, 9.17) is 9.84 Å². The Morgan fingerprint density at radius 1 is 1.00 bits per heavy atom. The standard InChI is InChI=1S/C26H32N2O5/c1-2-3-9-18(16-25(30)31)28-24(29)14-8-15-27-26(32)33-17-23-21-12-6-4-10-19(21)20-11-5-7-13-22(20)23/h4-7,10-13,18,23H,2-3,8-9,14-17H2,1H3,(H,27,32)(H,28,29)(H,30,31)/t18-/m1/s1. The third kappa shape index (κ3) is 6.81. The van der Waals surface area contributed by atoms with Crippen LogP contribution in [0.3, 0.4) is 0 Å². The lowest BCUT2D eigenvalue weighted by Crippen LogP contribution is -2.37. The quantitative estimate of drug-likeness (QED) is 0.413. The molecular formula is C26H32N2O5. The van der Waals surface area contributed by atoms with E-state index in [0.717, 1.165) is 24.0 Å². The highest BCUT2D eigenvalue weighted by molar-refractivity contribution is 5.79. The van der Waals surface area contributed by atoms with E-state index in [1.54, 1.807) is 0 Å². The molecule has 0 fully saturated rings. The maximum absolute atomic E-state index is 12.2. The van der Waals surface area contributed by atoms with Gasteiger partial charge in [-0.3, -0.25) is 9.59 Å². The second-order valence-electron chi connectivity index (χ2n) is 8.36. The van der Waals surface area contributed by atoms with Gasteiger partial charge < -0.3 is 20.5 Å². The summed E-state index contributed by atoms with van der Waals surface area (Å²) >= 11 is 0. The van der Waals surface area contributed by atoms with E-state index in [1.165, 1.54) is 11.1 Å². The summed E-state index contributed by atoms with van der Waals surface area (Å²) in [6.07, 6.45) is 2.52. The van der Waals surface area contributed by atoms with Crippen molar-refractivity contribution in [2.24, 2.45) is 0 Å². The number of amides is 2. The van der Waals surface area contributed by atoms with Gasteiger partial charge in [0.05, 0.1) is 6.42 Å². The molecule has 0 bridgehead atoms. The molecule has 7 nitrogen and oxygen atoms in total. The highest BCUT2D eigenvalue weighted by Crippen LogP contribution is 2.44. The summed E-state index contributed by atoms with van der Waals surface area (Å²) in [5.41, 5.74) is 4.66. The number of rotatable bonds is 12. The van der Waals surface area contributed by atoms with Crippen LogP contribution in [0.4, 0.5) is 4.79 Å². The number of carbonyl (C=O) groups is 3. The van der Waals surface area contributed by atoms with Crippen LogP contribution in [-0.4, -0.2) is 42.3 Å². The molecule has 0 radical (unpaired) electrons. The van der Waals surface area contributed by atoms with Crippen molar-refractivity contribution in [3.63, 3.8) is 0 Å². The third-order valence-corrected chi connectivity index (χ3v) is 5.89. The summed E-state index contributed by atoms with van der Waals surface area (Å²) in [7, 11) is 0. The van der Waals surface area contributed by atoms with Crippen LogP contribution in [0.15, 0.2) is 48.5 Å². The van der Waals surface area contributed by atoms with Crippen molar-refractivity contribution < 1.29 is 24.2 Å². The predicted octanol–water partition coefficient (Wildman–Crippen LogP) is 4.46. The smallest absolute Gasteiger partial charge is 0.407 e. The molecule has 1 aliphatic carbocycles. The molecule has 176 valence electrons. The van der Waals surface area contributed by atoms with E-state index < -0.39 is 12.1 Å². The number of carboxylic acids is 1. The lowest BCUT2D eigenvalue weighted by Gasteiger charge is -2.17. The summed E-state index contributed by atoms with van der Waals surface area (Å²) in [5, 5.41) is 14.5. The van der Waals surface area contributed by atoms with Gasteiger partial charge >= 0.3 is 12.1 Å². The summed E-state index contributed by atoms with van der Waals surface area (Å²) in [6.45, 7) is 2.58. The van der Waals surface area contributed by atoms with Gasteiger partial charge in [0, 0.05) is 24.9 Å².